The minimum absolute atomic E-state index is 0.0752. The number of rotatable bonds is 5. The summed E-state index contributed by atoms with van der Waals surface area (Å²) in [6.45, 7) is 10.9. The summed E-state index contributed by atoms with van der Waals surface area (Å²) in [4.78, 5) is 36.6. The van der Waals surface area contributed by atoms with Crippen LogP contribution in [0.2, 0.25) is 18.1 Å². The molecule has 2 atom stereocenters. The maximum Gasteiger partial charge on any atom is 0.412 e. The molecule has 0 aromatic heterocycles. The average molecular weight is 411 g/mol. The Labute approximate surface area is 158 Å². The lowest BCUT2D eigenvalue weighted by Gasteiger charge is -2.55. The number of amides is 2. The lowest BCUT2D eigenvalue weighted by molar-refractivity contribution is -0.259. The van der Waals surface area contributed by atoms with Gasteiger partial charge in [-0.15, -0.1) is 0 Å². The van der Waals surface area contributed by atoms with E-state index in [0.717, 1.165) is 6.92 Å². The van der Waals surface area contributed by atoms with Gasteiger partial charge in [0, 0.05) is 0 Å². The first-order valence-electron chi connectivity index (χ1n) is 8.96. The highest BCUT2D eigenvalue weighted by molar-refractivity contribution is 6.73. The van der Waals surface area contributed by atoms with Crippen LogP contribution in [0.1, 0.15) is 48.5 Å². The summed E-state index contributed by atoms with van der Waals surface area (Å²) in [6, 6.07) is -0.914. The maximum absolute atomic E-state index is 13.7. The number of imide groups is 1. The first kappa shape index (κ1) is 23.6. The summed E-state index contributed by atoms with van der Waals surface area (Å²) in [5, 5.41) is 0. The molecule has 0 radical (unpaired) electrons. The molecule has 1 rings (SSSR count). The zero-order chi connectivity index (χ0) is 21.4. The second-order valence-corrected chi connectivity index (χ2v) is 12.6. The van der Waals surface area contributed by atoms with Gasteiger partial charge in [-0.25, -0.2) is 4.79 Å². The van der Waals surface area contributed by atoms with Gasteiger partial charge in [0.05, 0.1) is 0 Å². The molecule has 0 saturated carbocycles. The summed E-state index contributed by atoms with van der Waals surface area (Å²) < 4.78 is 51.8. The molecule has 1 aliphatic heterocycles. The molecule has 2 amide bonds. The van der Waals surface area contributed by atoms with Crippen molar-refractivity contribution in [2.24, 2.45) is 0 Å². The van der Waals surface area contributed by atoms with E-state index >= 15 is 0 Å². The molecule has 1 fully saturated rings. The fourth-order valence-corrected chi connectivity index (χ4v) is 6.29. The van der Waals surface area contributed by atoms with Gasteiger partial charge in [0.15, 0.2) is 20.0 Å². The number of esters is 1. The maximum atomic E-state index is 13.7. The predicted molar refractivity (Wildman–Crippen MR) is 94.2 cm³/mol. The number of β-lactam (4-membered cyclic amide) rings is 1. The Hall–Kier alpha value is -1.42. The van der Waals surface area contributed by atoms with E-state index in [2.05, 4.69) is 0 Å². The van der Waals surface area contributed by atoms with Crippen LogP contribution in [0, 0.1) is 0 Å². The Morgan fingerprint density at radius 1 is 1.11 bits per heavy atom. The van der Waals surface area contributed by atoms with E-state index in [1.54, 1.807) is 0 Å². The van der Waals surface area contributed by atoms with Crippen LogP contribution in [0.4, 0.5) is 13.2 Å². The lowest BCUT2D eigenvalue weighted by Crippen LogP contribution is -2.81. The first-order chi connectivity index (χ1) is 12.1. The van der Waals surface area contributed by atoms with E-state index < -0.39 is 49.5 Å². The molecule has 6 nitrogen and oxygen atoms in total. The Bertz CT molecular complexity index is 604. The molecular weight excluding hydrogens is 383 g/mol. The molecule has 0 aliphatic carbocycles. The lowest BCUT2D eigenvalue weighted by atomic mass is 9.83. The summed E-state index contributed by atoms with van der Waals surface area (Å²) in [5.41, 5.74) is -3.30. The van der Waals surface area contributed by atoms with Gasteiger partial charge in [-0.1, -0.05) is 20.8 Å². The third-order valence-electron chi connectivity index (χ3n) is 4.89. The van der Waals surface area contributed by atoms with E-state index in [4.69, 9.17) is 9.16 Å². The molecule has 27 heavy (non-hydrogen) atoms. The smallest absolute Gasteiger partial charge is 0.412 e. The second-order valence-electron chi connectivity index (χ2n) is 7.88. The number of likely N-dealkylation sites (tertiary alicyclic amines) is 1. The molecule has 156 valence electrons. The fourth-order valence-electron chi connectivity index (χ4n) is 3.26. The fraction of sp³-hybridized carbons (Fsp3) is 0.824. The molecule has 1 aliphatic rings. The van der Waals surface area contributed by atoms with E-state index in [9.17, 15) is 27.6 Å². The molecule has 10 heteroatoms. The van der Waals surface area contributed by atoms with Gasteiger partial charge < -0.3 is 9.16 Å². The SMILES string of the molecule is CC[Si](CC)(CC)O[C@@]1(C)C(=O)N(C(=O)C(=O)OC(C)(C)C)[C@H]1C(F)(F)F. The zero-order valence-electron chi connectivity index (χ0n) is 16.8. The number of hydrogen-bond acceptors (Lipinski definition) is 5. The largest absolute Gasteiger partial charge is 0.453 e. The highest BCUT2D eigenvalue weighted by Gasteiger charge is 2.73. The van der Waals surface area contributed by atoms with Gasteiger partial charge in [-0.3, -0.25) is 14.5 Å². The van der Waals surface area contributed by atoms with Gasteiger partial charge in [-0.05, 0) is 45.8 Å². The van der Waals surface area contributed by atoms with Gasteiger partial charge in [0.25, 0.3) is 5.91 Å². The molecule has 1 heterocycles. The molecular formula is C17H28F3NO5Si. The molecule has 0 N–H and O–H groups in total. The van der Waals surface area contributed by atoms with Crippen molar-refractivity contribution in [2.45, 2.75) is 90.0 Å². The highest BCUT2D eigenvalue weighted by atomic mass is 28.4. The van der Waals surface area contributed by atoms with Crippen molar-refractivity contribution in [3.63, 3.8) is 0 Å². The Balaban J connectivity index is 3.24. The molecule has 0 aromatic carbocycles. The Morgan fingerprint density at radius 2 is 1.56 bits per heavy atom. The average Bonchev–Trinajstić information content (AvgIpc) is 2.53. The van der Waals surface area contributed by atoms with E-state index in [1.165, 1.54) is 20.8 Å². The number of nitrogens with zero attached hydrogens (tertiary/aromatic N) is 1. The zero-order valence-corrected chi connectivity index (χ0v) is 17.8. The van der Waals surface area contributed by atoms with Crippen LogP contribution >= 0.6 is 0 Å². The molecule has 0 unspecified atom stereocenters. The van der Waals surface area contributed by atoms with Crippen LogP contribution < -0.4 is 0 Å². The standard InChI is InChI=1S/C17H28F3NO5Si/c1-8-27(9-2,10-3)26-16(7)13(17(18,19)20)21(14(16)24)11(22)12(23)25-15(4,5)6/h13H,8-10H2,1-7H3/t13-,16-/m1/s1. The van der Waals surface area contributed by atoms with E-state index in [0.29, 0.717) is 18.1 Å². The minimum atomic E-state index is -4.93. The highest BCUT2D eigenvalue weighted by Crippen LogP contribution is 2.46. The molecule has 0 bridgehead atoms. The number of carbonyl (C=O) groups excluding carboxylic acids is 3. The van der Waals surface area contributed by atoms with Crippen LogP contribution in [0.3, 0.4) is 0 Å². The third kappa shape index (κ3) is 4.53. The van der Waals surface area contributed by atoms with Crippen molar-refractivity contribution in [3.8, 4) is 0 Å². The molecule has 0 spiro atoms. The Kier molecular flexibility index (Phi) is 6.59. The van der Waals surface area contributed by atoms with Gasteiger partial charge in [0.1, 0.15) is 5.60 Å². The van der Waals surface area contributed by atoms with Crippen molar-refractivity contribution >= 4 is 26.1 Å². The Morgan fingerprint density at radius 3 is 1.89 bits per heavy atom. The van der Waals surface area contributed by atoms with Crippen LogP contribution in [0.25, 0.3) is 0 Å². The summed E-state index contributed by atoms with van der Waals surface area (Å²) in [7, 11) is -2.59. The third-order valence-corrected chi connectivity index (χ3v) is 9.61. The summed E-state index contributed by atoms with van der Waals surface area (Å²) in [6.07, 6.45) is -4.93. The van der Waals surface area contributed by atoms with Crippen LogP contribution in [0.15, 0.2) is 0 Å². The second kappa shape index (κ2) is 7.54. The van der Waals surface area contributed by atoms with Crippen molar-refractivity contribution in [2.75, 3.05) is 0 Å². The van der Waals surface area contributed by atoms with Gasteiger partial charge >= 0.3 is 18.1 Å². The number of halogens is 3. The number of ether oxygens (including phenoxy) is 1. The van der Waals surface area contributed by atoms with Crippen LogP contribution in [0.5, 0.6) is 0 Å². The van der Waals surface area contributed by atoms with Crippen molar-refractivity contribution in [1.82, 2.24) is 4.90 Å². The van der Waals surface area contributed by atoms with E-state index in [1.807, 2.05) is 20.8 Å². The minimum Gasteiger partial charge on any atom is -0.453 e. The van der Waals surface area contributed by atoms with Gasteiger partial charge in [-0.2, -0.15) is 13.2 Å². The topological polar surface area (TPSA) is 72.9 Å². The summed E-state index contributed by atoms with van der Waals surface area (Å²) >= 11 is 0. The monoisotopic (exact) mass is 411 g/mol. The number of carbonyl (C=O) groups is 3. The van der Waals surface area contributed by atoms with Crippen molar-refractivity contribution in [3.05, 3.63) is 0 Å². The molecule has 0 aromatic rings. The number of hydrogen-bond donors (Lipinski definition) is 0. The normalized spacial score (nSPS) is 23.9. The van der Waals surface area contributed by atoms with Crippen molar-refractivity contribution < 1.29 is 36.7 Å². The first-order valence-corrected chi connectivity index (χ1v) is 11.5. The quantitative estimate of drug-likeness (QED) is 0.300. The van der Waals surface area contributed by atoms with Crippen molar-refractivity contribution in [1.29, 1.82) is 0 Å². The predicted octanol–water partition coefficient (Wildman–Crippen LogP) is 3.41. The summed E-state index contributed by atoms with van der Waals surface area (Å²) in [5.74, 6) is -4.29. The van der Waals surface area contributed by atoms with Crippen LogP contribution in [-0.4, -0.2) is 54.4 Å². The number of alkyl halides is 3. The molecule has 1 saturated heterocycles. The van der Waals surface area contributed by atoms with Crippen LogP contribution in [-0.2, 0) is 23.5 Å². The van der Waals surface area contributed by atoms with Gasteiger partial charge in [0.2, 0.25) is 0 Å². The van der Waals surface area contributed by atoms with E-state index in [-0.39, 0.29) is 4.90 Å².